The van der Waals surface area contributed by atoms with Crippen LogP contribution in [0.5, 0.6) is 0 Å². The summed E-state index contributed by atoms with van der Waals surface area (Å²) < 4.78 is 43.1. The summed E-state index contributed by atoms with van der Waals surface area (Å²) in [5.74, 6) is -2.75. The number of carboxylic acid groups (broad SMARTS) is 1. The topological polar surface area (TPSA) is 79.3 Å². The van der Waals surface area contributed by atoms with Gasteiger partial charge in [-0.15, -0.1) is 0 Å². The van der Waals surface area contributed by atoms with E-state index in [-0.39, 0.29) is 18.6 Å². The molecule has 1 N–H and O–H groups in total. The first-order valence-electron chi connectivity index (χ1n) is 8.33. The van der Waals surface area contributed by atoms with E-state index >= 15 is 0 Å². The average molecular weight is 384 g/mol. The Bertz CT molecular complexity index is 477. The van der Waals surface area contributed by atoms with Gasteiger partial charge < -0.3 is 24.4 Å². The largest absolute Gasteiger partial charge is 0.490 e. The van der Waals surface area contributed by atoms with E-state index in [0.29, 0.717) is 12.0 Å². The summed E-state index contributed by atoms with van der Waals surface area (Å²) in [5.41, 5.74) is 0.367. The Labute approximate surface area is 151 Å². The molecule has 2 aliphatic heterocycles. The minimum Gasteiger partial charge on any atom is -0.475 e. The lowest BCUT2D eigenvalue weighted by molar-refractivity contribution is -0.192. The van der Waals surface area contributed by atoms with Crippen LogP contribution in [0.15, 0.2) is 0 Å². The van der Waals surface area contributed by atoms with Gasteiger partial charge >= 0.3 is 12.1 Å². The first-order chi connectivity index (χ1) is 11.9. The van der Waals surface area contributed by atoms with Crippen LogP contribution >= 0.6 is 0 Å². The first-order valence-corrected chi connectivity index (χ1v) is 8.33. The second-order valence-corrected chi connectivity index (χ2v) is 7.05. The number of nitrogens with zero attached hydrogens (tertiary/aromatic N) is 2. The van der Waals surface area contributed by atoms with Crippen molar-refractivity contribution in [2.24, 2.45) is 5.41 Å². The molecule has 1 unspecified atom stereocenters. The number of likely N-dealkylation sites (tertiary alicyclic amines) is 1. The molecule has 0 saturated carbocycles. The van der Waals surface area contributed by atoms with Crippen molar-refractivity contribution >= 4 is 11.9 Å². The molecule has 0 radical (unpaired) electrons. The van der Waals surface area contributed by atoms with E-state index in [9.17, 15) is 18.0 Å². The lowest BCUT2D eigenvalue weighted by Gasteiger charge is -2.36. The van der Waals surface area contributed by atoms with Gasteiger partial charge in [0.25, 0.3) is 0 Å². The van der Waals surface area contributed by atoms with Crippen LogP contribution in [0.25, 0.3) is 0 Å². The van der Waals surface area contributed by atoms with E-state index in [4.69, 9.17) is 19.4 Å². The number of likely N-dealkylation sites (N-methyl/N-ethyl adjacent to an activating group) is 1. The number of hydrogen-bond acceptors (Lipinski definition) is 5. The smallest absolute Gasteiger partial charge is 0.475 e. The fourth-order valence-corrected chi connectivity index (χ4v) is 2.85. The van der Waals surface area contributed by atoms with Crippen molar-refractivity contribution in [3.05, 3.63) is 0 Å². The standard InChI is InChI=1S/C14H26N2O3.C2HF3O2/c1-15(2)13(17)10-18-9-12-8-14(11-19-12)4-6-16(3)7-5-14;3-2(4,5)1(6)7/h12H,4-11H2,1-3H3;(H,6,7). The Balaban J connectivity index is 0.000000412. The highest BCUT2D eigenvalue weighted by Crippen LogP contribution is 2.41. The molecule has 2 rings (SSSR count). The van der Waals surface area contributed by atoms with Crippen molar-refractivity contribution in [3.8, 4) is 0 Å². The molecule has 1 spiro atoms. The Morgan fingerprint density at radius 1 is 1.31 bits per heavy atom. The highest BCUT2D eigenvalue weighted by atomic mass is 19.4. The number of rotatable bonds is 4. The second-order valence-electron chi connectivity index (χ2n) is 7.05. The summed E-state index contributed by atoms with van der Waals surface area (Å²) in [5, 5.41) is 7.12. The number of carbonyl (C=O) groups excluding carboxylic acids is 1. The van der Waals surface area contributed by atoms with E-state index in [1.54, 1.807) is 19.0 Å². The zero-order valence-corrected chi connectivity index (χ0v) is 15.3. The van der Waals surface area contributed by atoms with E-state index in [1.165, 1.54) is 12.8 Å². The number of halogens is 3. The third-order valence-corrected chi connectivity index (χ3v) is 4.60. The third kappa shape index (κ3) is 7.46. The SMILES string of the molecule is CN1CCC2(CC1)COC(COCC(=O)N(C)C)C2.O=C(O)C(F)(F)F. The van der Waals surface area contributed by atoms with Crippen LogP contribution in [0, 0.1) is 5.41 Å². The summed E-state index contributed by atoms with van der Waals surface area (Å²) >= 11 is 0. The monoisotopic (exact) mass is 384 g/mol. The predicted molar refractivity (Wildman–Crippen MR) is 86.7 cm³/mol. The molecule has 0 aromatic carbocycles. The molecule has 2 aliphatic rings. The predicted octanol–water partition coefficient (Wildman–Crippen LogP) is 1.23. The van der Waals surface area contributed by atoms with Crippen LogP contribution in [-0.2, 0) is 19.1 Å². The number of carbonyl (C=O) groups is 2. The number of alkyl halides is 3. The normalized spacial score (nSPS) is 22.6. The minimum absolute atomic E-state index is 0.00648. The average Bonchev–Trinajstić information content (AvgIpc) is 2.93. The van der Waals surface area contributed by atoms with Gasteiger partial charge in [-0.05, 0) is 44.8 Å². The maximum Gasteiger partial charge on any atom is 0.490 e. The van der Waals surface area contributed by atoms with Crippen molar-refractivity contribution in [2.75, 3.05) is 54.1 Å². The molecule has 7 nitrogen and oxygen atoms in total. The first kappa shape index (κ1) is 22.7. The van der Waals surface area contributed by atoms with Crippen LogP contribution < -0.4 is 0 Å². The molecule has 152 valence electrons. The van der Waals surface area contributed by atoms with E-state index in [1.807, 2.05) is 0 Å². The lowest BCUT2D eigenvalue weighted by Crippen LogP contribution is -2.38. The Morgan fingerprint density at radius 3 is 2.31 bits per heavy atom. The summed E-state index contributed by atoms with van der Waals surface area (Å²) in [7, 11) is 5.66. The maximum atomic E-state index is 11.4. The van der Waals surface area contributed by atoms with Gasteiger partial charge in [-0.3, -0.25) is 4.79 Å². The molecule has 2 heterocycles. The van der Waals surface area contributed by atoms with Gasteiger partial charge in [0.15, 0.2) is 0 Å². The van der Waals surface area contributed by atoms with Crippen molar-refractivity contribution in [2.45, 2.75) is 31.5 Å². The van der Waals surface area contributed by atoms with E-state index < -0.39 is 12.1 Å². The molecule has 0 aromatic rings. The van der Waals surface area contributed by atoms with Crippen molar-refractivity contribution < 1.29 is 37.3 Å². The van der Waals surface area contributed by atoms with Gasteiger partial charge in [0.1, 0.15) is 6.61 Å². The third-order valence-electron chi connectivity index (χ3n) is 4.60. The van der Waals surface area contributed by atoms with Gasteiger partial charge in [0.05, 0.1) is 19.3 Å². The Hall–Kier alpha value is -1.39. The summed E-state index contributed by atoms with van der Waals surface area (Å²) in [6.07, 6.45) is -1.40. The van der Waals surface area contributed by atoms with Gasteiger partial charge in [0, 0.05) is 14.1 Å². The quantitative estimate of drug-likeness (QED) is 0.785. The molecule has 0 bridgehead atoms. The van der Waals surface area contributed by atoms with E-state index in [2.05, 4.69) is 11.9 Å². The van der Waals surface area contributed by atoms with Crippen molar-refractivity contribution in [1.82, 2.24) is 9.80 Å². The van der Waals surface area contributed by atoms with Crippen LogP contribution in [-0.4, -0.2) is 93.1 Å². The van der Waals surface area contributed by atoms with Gasteiger partial charge in [-0.25, -0.2) is 4.79 Å². The van der Waals surface area contributed by atoms with Crippen LogP contribution in [0.1, 0.15) is 19.3 Å². The number of hydrogen-bond donors (Lipinski definition) is 1. The highest BCUT2D eigenvalue weighted by Gasteiger charge is 2.41. The van der Waals surface area contributed by atoms with Gasteiger partial charge in [-0.1, -0.05) is 0 Å². The Kier molecular flexibility index (Phi) is 8.29. The molecule has 2 fully saturated rings. The fraction of sp³-hybridized carbons (Fsp3) is 0.875. The number of carboxylic acids is 1. The fourth-order valence-electron chi connectivity index (χ4n) is 2.85. The number of aliphatic carboxylic acids is 1. The zero-order chi connectivity index (χ0) is 20.0. The Morgan fingerprint density at radius 2 is 1.85 bits per heavy atom. The molecule has 1 amide bonds. The number of amides is 1. The van der Waals surface area contributed by atoms with Crippen LogP contribution in [0.3, 0.4) is 0 Å². The van der Waals surface area contributed by atoms with Crippen molar-refractivity contribution in [3.63, 3.8) is 0 Å². The molecular weight excluding hydrogens is 357 g/mol. The van der Waals surface area contributed by atoms with Crippen LogP contribution in [0.4, 0.5) is 13.2 Å². The minimum atomic E-state index is -5.08. The van der Waals surface area contributed by atoms with Gasteiger partial charge in [0.2, 0.25) is 5.91 Å². The highest BCUT2D eigenvalue weighted by molar-refractivity contribution is 5.76. The molecule has 2 saturated heterocycles. The molecule has 0 aromatic heterocycles. The summed E-state index contributed by atoms with van der Waals surface area (Å²) in [4.78, 5) is 24.2. The zero-order valence-electron chi connectivity index (χ0n) is 15.3. The molecule has 10 heteroatoms. The number of piperidine rings is 1. The molecular formula is C16H27F3N2O5. The van der Waals surface area contributed by atoms with Crippen LogP contribution in [0.2, 0.25) is 0 Å². The number of ether oxygens (including phenoxy) is 2. The molecule has 0 aliphatic carbocycles. The lowest BCUT2D eigenvalue weighted by atomic mass is 9.77. The van der Waals surface area contributed by atoms with Crippen molar-refractivity contribution in [1.29, 1.82) is 0 Å². The molecule has 1 atom stereocenters. The summed E-state index contributed by atoms with van der Waals surface area (Å²) in [6.45, 7) is 3.88. The summed E-state index contributed by atoms with van der Waals surface area (Å²) in [6, 6.07) is 0. The maximum absolute atomic E-state index is 11.4. The molecule has 26 heavy (non-hydrogen) atoms. The second kappa shape index (κ2) is 9.52. The van der Waals surface area contributed by atoms with Gasteiger partial charge in [-0.2, -0.15) is 13.2 Å². The van der Waals surface area contributed by atoms with E-state index in [0.717, 1.165) is 26.1 Å².